The number of carbonyl (C=O) groups is 1. The van der Waals surface area contributed by atoms with Crippen LogP contribution < -0.4 is 56.5 Å². The van der Waals surface area contributed by atoms with Crippen molar-refractivity contribution in [1.82, 2.24) is 0 Å². The Morgan fingerprint density at radius 2 is 1.75 bits per heavy atom. The van der Waals surface area contributed by atoms with Gasteiger partial charge in [-0.2, -0.15) is 0 Å². The summed E-state index contributed by atoms with van der Waals surface area (Å²) in [6.45, 7) is -0.828. The molecule has 3 atom stereocenters. The number of hydrogen-bond donors (Lipinski definition) is 4. The average Bonchev–Trinajstić information content (AvgIpc) is 2.00. The van der Waals surface area contributed by atoms with E-state index >= 15 is 0 Å². The van der Waals surface area contributed by atoms with E-state index in [-0.39, 0.29) is 51.4 Å². The molecule has 0 aromatic rings. The summed E-state index contributed by atoms with van der Waals surface area (Å²) in [7, 11) is 0. The van der Waals surface area contributed by atoms with Crippen LogP contribution in [-0.4, -0.2) is 51.3 Å². The minimum Gasteiger partial charge on any atom is -0.547 e. The van der Waals surface area contributed by atoms with Gasteiger partial charge in [-0.15, -0.1) is 0 Å². The van der Waals surface area contributed by atoms with Crippen LogP contribution in [-0.2, 0) is 4.79 Å². The van der Waals surface area contributed by atoms with Crippen molar-refractivity contribution in [1.29, 1.82) is 0 Å². The molecule has 0 spiro atoms. The molecule has 0 heterocycles. The molecule has 0 aliphatic carbocycles. The molecule has 0 rings (SSSR count). The number of carbonyl (C=O) groups excluding carboxylic acids is 1. The van der Waals surface area contributed by atoms with Crippen LogP contribution in [0.1, 0.15) is 0 Å². The molecule has 0 aliphatic heterocycles. The summed E-state index contributed by atoms with van der Waals surface area (Å²) in [6.07, 6.45) is -5.79. The van der Waals surface area contributed by atoms with Crippen LogP contribution in [0.3, 0.4) is 0 Å². The van der Waals surface area contributed by atoms with E-state index in [2.05, 4.69) is 0 Å². The third-order valence-corrected chi connectivity index (χ3v) is 1.15. The van der Waals surface area contributed by atoms with Gasteiger partial charge in [0.05, 0.1) is 12.6 Å². The molecule has 0 radical (unpaired) electrons. The fraction of sp³-hybridized carbons (Fsp3) is 0.800. The van der Waals surface area contributed by atoms with Crippen molar-refractivity contribution < 1.29 is 81.7 Å². The van der Waals surface area contributed by atoms with Gasteiger partial charge in [0.1, 0.15) is 18.3 Å². The normalized spacial score (nSPS) is 17.3. The summed E-state index contributed by atoms with van der Waals surface area (Å²) in [5.74, 6) is -1.90. The number of aliphatic hydroxyl groups is 4. The maximum absolute atomic E-state index is 9.85. The van der Waals surface area contributed by atoms with Gasteiger partial charge in [-0.25, -0.2) is 0 Å². The molecule has 66 valence electrons. The van der Waals surface area contributed by atoms with Crippen LogP contribution >= 0.6 is 0 Å². The second-order valence-corrected chi connectivity index (χ2v) is 2.00. The maximum Gasteiger partial charge on any atom is 1.00 e. The van der Waals surface area contributed by atoms with Crippen molar-refractivity contribution in [3.8, 4) is 0 Å². The van der Waals surface area contributed by atoms with Crippen LogP contribution in [0.4, 0.5) is 0 Å². The zero-order valence-electron chi connectivity index (χ0n) is 6.54. The van der Waals surface area contributed by atoms with Crippen molar-refractivity contribution in [2.24, 2.45) is 0 Å². The standard InChI is InChI=1S/C5H10O6.K/c6-1-2(7)3(8)4(9)5(10)11;/h2-4,6-9H,1H2,(H,10,11);/q;+1/p-1/t2-,3+,4-;/m1./s1. The predicted octanol–water partition coefficient (Wildman–Crippen LogP) is -7.18. The maximum atomic E-state index is 9.85. The molecule has 0 amide bonds. The van der Waals surface area contributed by atoms with Crippen molar-refractivity contribution in [2.45, 2.75) is 18.3 Å². The van der Waals surface area contributed by atoms with E-state index < -0.39 is 30.9 Å². The van der Waals surface area contributed by atoms with E-state index in [0.717, 1.165) is 0 Å². The molecule has 12 heavy (non-hydrogen) atoms. The van der Waals surface area contributed by atoms with Crippen molar-refractivity contribution in [2.75, 3.05) is 6.61 Å². The van der Waals surface area contributed by atoms with Crippen LogP contribution in [0.15, 0.2) is 0 Å². The largest absolute Gasteiger partial charge is 1.00 e. The first-order valence-electron chi connectivity index (χ1n) is 2.86. The Morgan fingerprint density at radius 3 is 2.00 bits per heavy atom. The molecule has 0 aromatic heterocycles. The number of hydrogen-bond acceptors (Lipinski definition) is 6. The number of rotatable bonds is 4. The second kappa shape index (κ2) is 7.36. The van der Waals surface area contributed by atoms with E-state index in [9.17, 15) is 9.90 Å². The smallest absolute Gasteiger partial charge is 0.547 e. The Labute approximate surface area is 111 Å². The van der Waals surface area contributed by atoms with Gasteiger partial charge in [-0.1, -0.05) is 0 Å². The number of aliphatic carboxylic acids is 1. The molecule has 0 unspecified atom stereocenters. The Morgan fingerprint density at radius 1 is 1.33 bits per heavy atom. The first-order chi connectivity index (χ1) is 5.00. The van der Waals surface area contributed by atoms with Crippen LogP contribution in [0.2, 0.25) is 0 Å². The minimum absolute atomic E-state index is 0. The minimum atomic E-state index is -2.18. The van der Waals surface area contributed by atoms with E-state index in [4.69, 9.17) is 20.4 Å². The van der Waals surface area contributed by atoms with Gasteiger partial charge in [0.15, 0.2) is 0 Å². The SMILES string of the molecule is O=C([O-])[C@H](O)[C@@H](O)[C@H](O)CO.[K+]. The van der Waals surface area contributed by atoms with Crippen LogP contribution in [0.5, 0.6) is 0 Å². The van der Waals surface area contributed by atoms with E-state index in [0.29, 0.717) is 0 Å². The van der Waals surface area contributed by atoms with Gasteiger partial charge in [0.25, 0.3) is 0 Å². The van der Waals surface area contributed by atoms with Gasteiger partial charge in [-0.05, 0) is 0 Å². The van der Waals surface area contributed by atoms with Gasteiger partial charge < -0.3 is 30.3 Å². The van der Waals surface area contributed by atoms with Crippen molar-refractivity contribution >= 4 is 5.97 Å². The van der Waals surface area contributed by atoms with E-state index in [1.165, 1.54) is 0 Å². The predicted molar refractivity (Wildman–Crippen MR) is 30.1 cm³/mol. The van der Waals surface area contributed by atoms with Crippen LogP contribution in [0, 0.1) is 0 Å². The van der Waals surface area contributed by atoms with Crippen LogP contribution in [0.25, 0.3) is 0 Å². The van der Waals surface area contributed by atoms with E-state index in [1.807, 2.05) is 0 Å². The Bertz CT molecular complexity index is 140. The monoisotopic (exact) mass is 204 g/mol. The molecule has 6 nitrogen and oxygen atoms in total. The summed E-state index contributed by atoms with van der Waals surface area (Å²) in [5.41, 5.74) is 0. The zero-order chi connectivity index (χ0) is 9.02. The van der Waals surface area contributed by atoms with E-state index in [1.54, 1.807) is 0 Å². The number of carboxylic acid groups (broad SMARTS) is 1. The molecule has 0 saturated heterocycles. The Hall–Kier alpha value is 0.946. The zero-order valence-corrected chi connectivity index (χ0v) is 9.67. The molecule has 0 saturated carbocycles. The summed E-state index contributed by atoms with van der Waals surface area (Å²) in [5, 5.41) is 43.8. The Balaban J connectivity index is 0. The average molecular weight is 204 g/mol. The molecule has 0 aliphatic rings. The first-order valence-corrected chi connectivity index (χ1v) is 2.86. The fourth-order valence-corrected chi connectivity index (χ4v) is 0.458. The van der Waals surface area contributed by atoms with Gasteiger partial charge >= 0.3 is 51.4 Å². The Kier molecular flexibility index (Phi) is 9.46. The molecule has 0 aromatic carbocycles. The van der Waals surface area contributed by atoms with Gasteiger partial charge in [0.2, 0.25) is 0 Å². The fourth-order valence-electron chi connectivity index (χ4n) is 0.458. The molecular formula is C5H9KO6. The molecule has 0 fully saturated rings. The third kappa shape index (κ3) is 4.85. The second-order valence-electron chi connectivity index (χ2n) is 2.00. The first kappa shape index (κ1) is 15.4. The summed E-state index contributed by atoms with van der Waals surface area (Å²) in [4.78, 5) is 9.85. The number of aliphatic hydroxyl groups excluding tert-OH is 4. The molecule has 7 heteroatoms. The molecule has 4 N–H and O–H groups in total. The molecular weight excluding hydrogens is 195 g/mol. The van der Waals surface area contributed by atoms with Crippen molar-refractivity contribution in [3.63, 3.8) is 0 Å². The topological polar surface area (TPSA) is 121 Å². The summed E-state index contributed by atoms with van der Waals surface area (Å²) < 4.78 is 0. The summed E-state index contributed by atoms with van der Waals surface area (Å²) in [6, 6.07) is 0. The number of carboxylic acids is 1. The quantitative estimate of drug-likeness (QED) is 0.338. The van der Waals surface area contributed by atoms with Gasteiger partial charge in [-0.3, -0.25) is 0 Å². The third-order valence-electron chi connectivity index (χ3n) is 1.15. The molecule has 0 bridgehead atoms. The summed E-state index contributed by atoms with van der Waals surface area (Å²) >= 11 is 0. The van der Waals surface area contributed by atoms with Crippen molar-refractivity contribution in [3.05, 3.63) is 0 Å². The van der Waals surface area contributed by atoms with Gasteiger partial charge in [0, 0.05) is 0 Å².